The predicted molar refractivity (Wildman–Crippen MR) is 70.5 cm³/mol. The van der Waals surface area contributed by atoms with Gasteiger partial charge < -0.3 is 9.80 Å². The number of hydrogen-bond acceptors (Lipinski definition) is 4. The van der Waals surface area contributed by atoms with Crippen molar-refractivity contribution < 1.29 is 0 Å². The molecule has 1 atom stereocenters. The van der Waals surface area contributed by atoms with Crippen LogP contribution in [0.15, 0.2) is 12.4 Å². The first-order valence-corrected chi connectivity index (χ1v) is 6.49. The Labute approximate surface area is 108 Å². The summed E-state index contributed by atoms with van der Waals surface area (Å²) in [5.41, 5.74) is 0.833. The number of halogens is 1. The van der Waals surface area contributed by atoms with Gasteiger partial charge in [0.25, 0.3) is 0 Å². The van der Waals surface area contributed by atoms with Gasteiger partial charge in [-0.15, -0.1) is 11.6 Å². The Morgan fingerprint density at radius 1 is 1.53 bits per heavy atom. The topological polar surface area (TPSA) is 32.3 Å². The van der Waals surface area contributed by atoms with Crippen molar-refractivity contribution in [3.63, 3.8) is 0 Å². The SMILES string of the molecule is CN1CCC(CN(C)c2cncc(CCl)n2)C1. The number of rotatable bonds is 4. The monoisotopic (exact) mass is 254 g/mol. The minimum absolute atomic E-state index is 0.418. The van der Waals surface area contributed by atoms with E-state index >= 15 is 0 Å². The average Bonchev–Trinajstić information content (AvgIpc) is 2.75. The van der Waals surface area contributed by atoms with E-state index < -0.39 is 0 Å². The molecule has 1 fully saturated rings. The molecule has 1 aromatic heterocycles. The maximum atomic E-state index is 5.77. The molecule has 0 aromatic carbocycles. The molecule has 0 radical (unpaired) electrons. The second-order valence-corrected chi connectivity index (χ2v) is 5.07. The van der Waals surface area contributed by atoms with E-state index in [1.165, 1.54) is 19.5 Å². The van der Waals surface area contributed by atoms with Crippen molar-refractivity contribution in [1.29, 1.82) is 0 Å². The minimum atomic E-state index is 0.418. The van der Waals surface area contributed by atoms with Crippen LogP contribution in [0.1, 0.15) is 12.1 Å². The van der Waals surface area contributed by atoms with E-state index in [-0.39, 0.29) is 0 Å². The lowest BCUT2D eigenvalue weighted by molar-refractivity contribution is 0.395. The average molecular weight is 255 g/mol. The van der Waals surface area contributed by atoms with Gasteiger partial charge in [-0.05, 0) is 25.9 Å². The van der Waals surface area contributed by atoms with Crippen molar-refractivity contribution in [3.05, 3.63) is 18.1 Å². The molecule has 0 saturated carbocycles. The summed E-state index contributed by atoms with van der Waals surface area (Å²) in [6, 6.07) is 0. The molecular weight excluding hydrogens is 236 g/mol. The fourth-order valence-electron chi connectivity index (χ4n) is 2.30. The molecule has 0 N–H and O–H groups in total. The third-order valence-corrected chi connectivity index (χ3v) is 3.49. The Morgan fingerprint density at radius 2 is 2.35 bits per heavy atom. The molecule has 4 nitrogen and oxygen atoms in total. The van der Waals surface area contributed by atoms with E-state index in [0.717, 1.165) is 24.0 Å². The zero-order chi connectivity index (χ0) is 12.3. The molecule has 17 heavy (non-hydrogen) atoms. The van der Waals surface area contributed by atoms with Gasteiger partial charge in [-0.1, -0.05) is 0 Å². The highest BCUT2D eigenvalue weighted by Crippen LogP contribution is 2.18. The van der Waals surface area contributed by atoms with Gasteiger partial charge in [0, 0.05) is 26.3 Å². The van der Waals surface area contributed by atoms with Crippen LogP contribution < -0.4 is 4.90 Å². The third kappa shape index (κ3) is 3.30. The van der Waals surface area contributed by atoms with Crippen LogP contribution in [0.5, 0.6) is 0 Å². The molecule has 94 valence electrons. The van der Waals surface area contributed by atoms with Crippen molar-refractivity contribution in [2.75, 3.05) is 38.6 Å². The first-order chi connectivity index (χ1) is 8.19. The predicted octanol–water partition coefficient (Wildman–Crippen LogP) is 1.60. The van der Waals surface area contributed by atoms with Crippen LogP contribution in [-0.2, 0) is 5.88 Å². The Hall–Kier alpha value is -0.870. The zero-order valence-corrected chi connectivity index (χ0v) is 11.2. The van der Waals surface area contributed by atoms with Crippen LogP contribution in [0.25, 0.3) is 0 Å². The Bertz CT molecular complexity index is 371. The van der Waals surface area contributed by atoms with Crippen LogP contribution in [0.4, 0.5) is 5.82 Å². The van der Waals surface area contributed by atoms with E-state index in [2.05, 4.69) is 33.9 Å². The summed E-state index contributed by atoms with van der Waals surface area (Å²) in [6.45, 7) is 3.41. The maximum Gasteiger partial charge on any atom is 0.147 e. The molecular formula is C12H19ClN4. The summed E-state index contributed by atoms with van der Waals surface area (Å²) in [6.07, 6.45) is 4.78. The fraction of sp³-hybridized carbons (Fsp3) is 0.667. The quantitative estimate of drug-likeness (QED) is 0.764. The van der Waals surface area contributed by atoms with Crippen molar-refractivity contribution in [2.45, 2.75) is 12.3 Å². The molecule has 0 amide bonds. The minimum Gasteiger partial charge on any atom is -0.358 e. The van der Waals surface area contributed by atoms with Crippen LogP contribution >= 0.6 is 11.6 Å². The van der Waals surface area contributed by atoms with Crippen molar-refractivity contribution in [2.24, 2.45) is 5.92 Å². The van der Waals surface area contributed by atoms with Gasteiger partial charge in [-0.3, -0.25) is 4.98 Å². The number of likely N-dealkylation sites (tertiary alicyclic amines) is 1. The summed E-state index contributed by atoms with van der Waals surface area (Å²) < 4.78 is 0. The van der Waals surface area contributed by atoms with Gasteiger partial charge in [0.1, 0.15) is 5.82 Å². The highest BCUT2D eigenvalue weighted by Gasteiger charge is 2.21. The first kappa shape index (κ1) is 12.6. The Kier molecular flexibility index (Phi) is 4.18. The molecule has 1 aromatic rings. The maximum absolute atomic E-state index is 5.77. The highest BCUT2D eigenvalue weighted by molar-refractivity contribution is 6.16. The summed E-state index contributed by atoms with van der Waals surface area (Å²) in [5, 5.41) is 0. The molecule has 2 heterocycles. The van der Waals surface area contributed by atoms with E-state index in [1.54, 1.807) is 12.4 Å². The zero-order valence-electron chi connectivity index (χ0n) is 10.4. The standard InChI is InChI=1S/C12H19ClN4/c1-16-4-3-10(8-16)9-17(2)12-7-14-6-11(5-13)15-12/h6-7,10H,3-5,8-9H2,1-2H3. The molecule has 1 aliphatic heterocycles. The second kappa shape index (κ2) is 5.65. The fourth-order valence-corrected chi connectivity index (χ4v) is 2.43. The summed E-state index contributed by atoms with van der Waals surface area (Å²) in [5.74, 6) is 2.06. The number of aromatic nitrogens is 2. The van der Waals surface area contributed by atoms with Gasteiger partial charge in [-0.2, -0.15) is 0 Å². The lowest BCUT2D eigenvalue weighted by Gasteiger charge is -2.22. The third-order valence-electron chi connectivity index (χ3n) is 3.22. The summed E-state index contributed by atoms with van der Waals surface area (Å²) in [4.78, 5) is 13.2. The Morgan fingerprint density at radius 3 is 3.00 bits per heavy atom. The summed E-state index contributed by atoms with van der Waals surface area (Å²) >= 11 is 5.77. The van der Waals surface area contributed by atoms with Gasteiger partial charge in [0.05, 0.1) is 17.8 Å². The van der Waals surface area contributed by atoms with Gasteiger partial charge in [-0.25, -0.2) is 4.98 Å². The van der Waals surface area contributed by atoms with Crippen LogP contribution in [0.2, 0.25) is 0 Å². The van der Waals surface area contributed by atoms with Crippen LogP contribution in [-0.4, -0.2) is 48.6 Å². The van der Waals surface area contributed by atoms with E-state index in [4.69, 9.17) is 11.6 Å². The molecule has 0 aliphatic carbocycles. The van der Waals surface area contributed by atoms with Crippen molar-refractivity contribution >= 4 is 17.4 Å². The van der Waals surface area contributed by atoms with E-state index in [9.17, 15) is 0 Å². The van der Waals surface area contributed by atoms with Gasteiger partial charge in [0.2, 0.25) is 0 Å². The lowest BCUT2D eigenvalue weighted by atomic mass is 10.1. The molecule has 2 rings (SSSR count). The molecule has 5 heteroatoms. The normalized spacial score (nSPS) is 20.8. The highest BCUT2D eigenvalue weighted by atomic mass is 35.5. The Balaban J connectivity index is 1.96. The largest absolute Gasteiger partial charge is 0.358 e. The van der Waals surface area contributed by atoms with Crippen molar-refractivity contribution in [1.82, 2.24) is 14.9 Å². The molecule has 0 spiro atoms. The summed E-state index contributed by atoms with van der Waals surface area (Å²) in [7, 11) is 4.24. The molecule has 1 saturated heterocycles. The van der Waals surface area contributed by atoms with Crippen molar-refractivity contribution in [3.8, 4) is 0 Å². The van der Waals surface area contributed by atoms with Gasteiger partial charge in [0.15, 0.2) is 0 Å². The lowest BCUT2D eigenvalue weighted by Crippen LogP contribution is -2.28. The molecule has 1 unspecified atom stereocenters. The smallest absolute Gasteiger partial charge is 0.147 e. The van der Waals surface area contributed by atoms with E-state index in [0.29, 0.717) is 5.88 Å². The van der Waals surface area contributed by atoms with E-state index in [1.807, 2.05) is 0 Å². The molecule has 0 bridgehead atoms. The number of hydrogen-bond donors (Lipinski definition) is 0. The number of alkyl halides is 1. The number of nitrogens with zero attached hydrogens (tertiary/aromatic N) is 4. The molecule has 1 aliphatic rings. The van der Waals surface area contributed by atoms with Crippen LogP contribution in [0.3, 0.4) is 0 Å². The number of anilines is 1. The first-order valence-electron chi connectivity index (χ1n) is 5.95. The van der Waals surface area contributed by atoms with Crippen LogP contribution in [0, 0.1) is 5.92 Å². The second-order valence-electron chi connectivity index (χ2n) is 4.80. The van der Waals surface area contributed by atoms with Gasteiger partial charge >= 0.3 is 0 Å².